The van der Waals surface area contributed by atoms with Crippen LogP contribution in [-0.2, 0) is 11.2 Å². The molecule has 0 aromatic heterocycles. The molecule has 0 radical (unpaired) electrons. The molecule has 0 heterocycles. The lowest BCUT2D eigenvalue weighted by atomic mass is 10.1. The third kappa shape index (κ3) is 6.23. The Labute approximate surface area is 170 Å². The Kier molecular flexibility index (Phi) is 8.75. The van der Waals surface area contributed by atoms with E-state index in [0.29, 0.717) is 35.4 Å². The lowest BCUT2D eigenvalue weighted by Gasteiger charge is -2.15. The van der Waals surface area contributed by atoms with E-state index in [4.69, 9.17) is 30.5 Å². The Hall–Kier alpha value is -2.60. The van der Waals surface area contributed by atoms with Crippen molar-refractivity contribution in [1.82, 2.24) is 5.32 Å². The van der Waals surface area contributed by atoms with E-state index in [0.717, 1.165) is 24.2 Å². The number of methoxy groups -OCH3 is 3. The fraction of sp³-hybridized carbons (Fsp3) is 0.381. The minimum absolute atomic E-state index is 0.0795. The molecule has 7 heteroatoms. The smallest absolute Gasteiger partial charge is 0.224 e. The van der Waals surface area contributed by atoms with Crippen LogP contribution in [-0.4, -0.2) is 40.4 Å². The van der Waals surface area contributed by atoms with Gasteiger partial charge in [0.15, 0.2) is 11.5 Å². The highest BCUT2D eigenvalue weighted by atomic mass is 35.5. The van der Waals surface area contributed by atoms with Gasteiger partial charge in [0.05, 0.1) is 34.4 Å². The number of amides is 1. The van der Waals surface area contributed by atoms with Crippen LogP contribution in [0, 0.1) is 0 Å². The Morgan fingerprint density at radius 1 is 0.929 bits per heavy atom. The van der Waals surface area contributed by atoms with Crippen LogP contribution >= 0.6 is 11.6 Å². The van der Waals surface area contributed by atoms with Crippen molar-refractivity contribution in [3.05, 3.63) is 47.0 Å². The molecule has 0 aliphatic rings. The van der Waals surface area contributed by atoms with Crippen molar-refractivity contribution < 1.29 is 23.7 Å². The maximum Gasteiger partial charge on any atom is 0.224 e. The first-order valence-corrected chi connectivity index (χ1v) is 9.39. The molecule has 2 aromatic rings. The second-order valence-electron chi connectivity index (χ2n) is 6.03. The van der Waals surface area contributed by atoms with Crippen molar-refractivity contribution in [2.75, 3.05) is 34.5 Å². The first-order valence-electron chi connectivity index (χ1n) is 9.02. The van der Waals surface area contributed by atoms with E-state index < -0.39 is 0 Å². The molecule has 0 fully saturated rings. The van der Waals surface area contributed by atoms with Gasteiger partial charge in [0, 0.05) is 17.1 Å². The summed E-state index contributed by atoms with van der Waals surface area (Å²) in [6.45, 7) is 1.17. The number of nitrogens with one attached hydrogen (secondary N) is 1. The number of halogens is 1. The average Bonchev–Trinajstić information content (AvgIpc) is 2.71. The molecule has 28 heavy (non-hydrogen) atoms. The maximum atomic E-state index is 12.2. The molecule has 0 saturated heterocycles. The summed E-state index contributed by atoms with van der Waals surface area (Å²) >= 11 is 5.84. The maximum absolute atomic E-state index is 12.2. The zero-order chi connectivity index (χ0) is 20.4. The van der Waals surface area contributed by atoms with E-state index >= 15 is 0 Å². The number of rotatable bonds is 11. The van der Waals surface area contributed by atoms with E-state index in [-0.39, 0.29) is 12.3 Å². The van der Waals surface area contributed by atoms with Gasteiger partial charge in [0.25, 0.3) is 0 Å². The molecule has 6 nitrogen and oxygen atoms in total. The molecule has 2 rings (SSSR count). The Bertz CT molecular complexity index is 764. The minimum Gasteiger partial charge on any atom is -0.494 e. The van der Waals surface area contributed by atoms with Gasteiger partial charge in [0.1, 0.15) is 5.75 Å². The number of benzene rings is 2. The third-order valence-electron chi connectivity index (χ3n) is 4.11. The molecular formula is C21H26ClNO5. The molecule has 2 aromatic carbocycles. The summed E-state index contributed by atoms with van der Waals surface area (Å²) in [4.78, 5) is 12.2. The molecule has 0 aliphatic heterocycles. The summed E-state index contributed by atoms with van der Waals surface area (Å²) in [7, 11) is 4.63. The van der Waals surface area contributed by atoms with Gasteiger partial charge in [-0.2, -0.15) is 0 Å². The van der Waals surface area contributed by atoms with Crippen LogP contribution in [0.4, 0.5) is 0 Å². The van der Waals surface area contributed by atoms with E-state index in [1.54, 1.807) is 38.5 Å². The highest BCUT2D eigenvalue weighted by Gasteiger charge is 2.17. The summed E-state index contributed by atoms with van der Waals surface area (Å²) in [6, 6.07) is 10.8. The lowest BCUT2D eigenvalue weighted by Crippen LogP contribution is -2.26. The number of hydrogen-bond donors (Lipinski definition) is 1. The summed E-state index contributed by atoms with van der Waals surface area (Å²) in [5.41, 5.74) is 0.740. The van der Waals surface area contributed by atoms with Crippen molar-refractivity contribution >= 4 is 17.5 Å². The lowest BCUT2D eigenvalue weighted by molar-refractivity contribution is -0.120. The van der Waals surface area contributed by atoms with E-state index in [2.05, 4.69) is 5.32 Å². The van der Waals surface area contributed by atoms with Gasteiger partial charge in [-0.05, 0) is 43.2 Å². The highest BCUT2D eigenvalue weighted by Crippen LogP contribution is 2.39. The minimum atomic E-state index is -0.0795. The van der Waals surface area contributed by atoms with Crippen LogP contribution < -0.4 is 24.3 Å². The fourth-order valence-electron chi connectivity index (χ4n) is 2.71. The molecule has 0 unspecified atom stereocenters. The second kappa shape index (κ2) is 11.3. The topological polar surface area (TPSA) is 66.0 Å². The molecule has 0 spiro atoms. The highest BCUT2D eigenvalue weighted by molar-refractivity contribution is 6.30. The molecule has 0 bridgehead atoms. The van der Waals surface area contributed by atoms with Crippen LogP contribution in [0.3, 0.4) is 0 Å². The fourth-order valence-corrected chi connectivity index (χ4v) is 2.84. The van der Waals surface area contributed by atoms with Crippen molar-refractivity contribution in [2.24, 2.45) is 0 Å². The quantitative estimate of drug-likeness (QED) is 0.572. The first-order chi connectivity index (χ1) is 13.6. The Morgan fingerprint density at radius 2 is 1.64 bits per heavy atom. The van der Waals surface area contributed by atoms with Gasteiger partial charge in [-0.25, -0.2) is 0 Å². The molecule has 0 saturated carbocycles. The first kappa shape index (κ1) is 21.7. The van der Waals surface area contributed by atoms with Crippen molar-refractivity contribution in [2.45, 2.75) is 19.3 Å². The predicted octanol–water partition coefficient (Wildman–Crippen LogP) is 3.88. The van der Waals surface area contributed by atoms with Gasteiger partial charge in [-0.15, -0.1) is 0 Å². The summed E-state index contributed by atoms with van der Waals surface area (Å²) in [6.07, 6.45) is 1.86. The number of carbonyl (C=O) groups excluding carboxylic acids is 1. The number of carbonyl (C=O) groups is 1. The number of hydrogen-bond acceptors (Lipinski definition) is 5. The molecular weight excluding hydrogens is 382 g/mol. The van der Waals surface area contributed by atoms with Gasteiger partial charge < -0.3 is 24.3 Å². The van der Waals surface area contributed by atoms with E-state index in [1.165, 1.54) is 7.11 Å². The largest absolute Gasteiger partial charge is 0.494 e. The summed E-state index contributed by atoms with van der Waals surface area (Å²) < 4.78 is 21.6. The molecule has 1 N–H and O–H groups in total. The Balaban J connectivity index is 1.74. The third-order valence-corrected chi connectivity index (χ3v) is 4.36. The normalized spacial score (nSPS) is 10.3. The van der Waals surface area contributed by atoms with Crippen LogP contribution in [0.25, 0.3) is 0 Å². The average molecular weight is 408 g/mol. The van der Waals surface area contributed by atoms with Gasteiger partial charge in [-0.3, -0.25) is 4.79 Å². The Morgan fingerprint density at radius 3 is 2.29 bits per heavy atom. The van der Waals surface area contributed by atoms with Crippen LogP contribution in [0.15, 0.2) is 36.4 Å². The van der Waals surface area contributed by atoms with Crippen LogP contribution in [0.2, 0.25) is 5.02 Å². The zero-order valence-electron chi connectivity index (χ0n) is 16.4. The summed E-state index contributed by atoms with van der Waals surface area (Å²) in [5.74, 6) is 2.25. The predicted molar refractivity (Wildman–Crippen MR) is 109 cm³/mol. The van der Waals surface area contributed by atoms with E-state index in [9.17, 15) is 4.79 Å². The molecule has 1 amide bonds. The second-order valence-corrected chi connectivity index (χ2v) is 6.47. The number of ether oxygens (including phenoxy) is 4. The van der Waals surface area contributed by atoms with Crippen molar-refractivity contribution in [3.8, 4) is 23.0 Å². The number of unbranched alkanes of at least 4 members (excludes halogenated alkanes) is 1. The van der Waals surface area contributed by atoms with Gasteiger partial charge in [-0.1, -0.05) is 17.7 Å². The van der Waals surface area contributed by atoms with Crippen LogP contribution in [0.5, 0.6) is 23.0 Å². The van der Waals surface area contributed by atoms with Gasteiger partial charge >= 0.3 is 0 Å². The van der Waals surface area contributed by atoms with E-state index in [1.807, 2.05) is 12.1 Å². The van der Waals surface area contributed by atoms with Crippen LogP contribution in [0.1, 0.15) is 18.4 Å². The summed E-state index contributed by atoms with van der Waals surface area (Å²) in [5, 5.41) is 3.60. The standard InChI is InChI=1S/C21H26ClNO5/c1-25-18-11-6-15(20(26-2)21(18)27-3)14-19(24)23-12-4-5-13-28-17-9-7-16(22)8-10-17/h6-11H,4-5,12-14H2,1-3H3,(H,23,24). The SMILES string of the molecule is COc1ccc(CC(=O)NCCCCOc2ccc(Cl)cc2)c(OC)c1OC. The molecule has 0 atom stereocenters. The van der Waals surface area contributed by atoms with Crippen molar-refractivity contribution in [3.63, 3.8) is 0 Å². The zero-order valence-corrected chi connectivity index (χ0v) is 17.2. The molecule has 0 aliphatic carbocycles. The van der Waals surface area contributed by atoms with Gasteiger partial charge in [0.2, 0.25) is 11.7 Å². The monoisotopic (exact) mass is 407 g/mol. The molecule has 152 valence electrons. The van der Waals surface area contributed by atoms with Crippen molar-refractivity contribution in [1.29, 1.82) is 0 Å².